The van der Waals surface area contributed by atoms with Crippen molar-refractivity contribution in [3.05, 3.63) is 30.2 Å². The van der Waals surface area contributed by atoms with Crippen LogP contribution in [0.4, 0.5) is 0 Å². The van der Waals surface area contributed by atoms with Crippen LogP contribution in [0.3, 0.4) is 0 Å². The molecule has 0 radical (unpaired) electrons. The van der Waals surface area contributed by atoms with Gasteiger partial charge in [-0.3, -0.25) is 4.79 Å². The molecule has 0 aliphatic carbocycles. The maximum atomic E-state index is 12.5. The van der Waals surface area contributed by atoms with Gasteiger partial charge in [-0.25, -0.2) is 4.98 Å². The van der Waals surface area contributed by atoms with Crippen LogP contribution >= 0.6 is 0 Å². The van der Waals surface area contributed by atoms with Gasteiger partial charge in [0.2, 0.25) is 0 Å². The highest BCUT2D eigenvalue weighted by molar-refractivity contribution is 5.78. The van der Waals surface area contributed by atoms with E-state index in [4.69, 9.17) is 4.74 Å². The van der Waals surface area contributed by atoms with Crippen LogP contribution in [0.1, 0.15) is 38.3 Å². The van der Waals surface area contributed by atoms with Gasteiger partial charge in [0, 0.05) is 25.0 Å². The molecule has 0 bridgehead atoms. The summed E-state index contributed by atoms with van der Waals surface area (Å²) in [6.45, 7) is 5.03. The van der Waals surface area contributed by atoms with Gasteiger partial charge in [0.1, 0.15) is 0 Å². The molecule has 0 saturated carbocycles. The number of amides is 1. The molecule has 1 aliphatic heterocycles. The number of carbonyl (C=O) groups excluding carboxylic acids is 1. The minimum Gasteiger partial charge on any atom is -0.480 e. The highest BCUT2D eigenvalue weighted by atomic mass is 16.5. The smallest absolute Gasteiger partial charge is 0.260 e. The van der Waals surface area contributed by atoms with E-state index in [9.17, 15) is 4.79 Å². The van der Waals surface area contributed by atoms with E-state index in [1.807, 2.05) is 40.8 Å². The third-order valence-electron chi connectivity index (χ3n) is 4.34. The first-order valence-electron chi connectivity index (χ1n) is 8.05. The van der Waals surface area contributed by atoms with Gasteiger partial charge in [0.05, 0.1) is 5.69 Å². The van der Waals surface area contributed by atoms with Crippen molar-refractivity contribution in [3.8, 4) is 5.75 Å². The topological polar surface area (TPSA) is 46.8 Å². The highest BCUT2D eigenvalue weighted by Gasteiger charge is 2.25. The number of aryl methyl sites for hydroxylation is 1. The van der Waals surface area contributed by atoms with Gasteiger partial charge < -0.3 is 14.0 Å². The lowest BCUT2D eigenvalue weighted by atomic mass is 10.00. The second-order valence-electron chi connectivity index (χ2n) is 5.92. The molecule has 2 aromatic heterocycles. The van der Waals surface area contributed by atoms with E-state index in [1.165, 1.54) is 6.42 Å². The third kappa shape index (κ3) is 2.93. The number of piperidine rings is 1. The largest absolute Gasteiger partial charge is 0.480 e. The summed E-state index contributed by atoms with van der Waals surface area (Å²) in [5.74, 6) is 0.742. The standard InChI is InChI=1S/C17H23N3O2/c1-3-14-7-4-5-10-20(14)16(21)12-22-15-8-6-9-19-11-13(2)18-17(15)19/h6,8-9,11,14H,3-5,7,10,12H2,1-2H3. The van der Waals surface area contributed by atoms with Gasteiger partial charge in [-0.2, -0.15) is 0 Å². The third-order valence-corrected chi connectivity index (χ3v) is 4.34. The number of rotatable bonds is 4. The van der Waals surface area contributed by atoms with Crippen LogP contribution in [0.5, 0.6) is 5.75 Å². The maximum absolute atomic E-state index is 12.5. The highest BCUT2D eigenvalue weighted by Crippen LogP contribution is 2.21. The molecule has 1 fully saturated rings. The Labute approximate surface area is 130 Å². The normalized spacial score (nSPS) is 18.6. The molecule has 1 saturated heterocycles. The summed E-state index contributed by atoms with van der Waals surface area (Å²) in [5, 5.41) is 0. The Balaban J connectivity index is 1.69. The Morgan fingerprint density at radius 2 is 2.32 bits per heavy atom. The van der Waals surface area contributed by atoms with Gasteiger partial charge in [-0.05, 0) is 44.7 Å². The molecule has 0 N–H and O–H groups in total. The Bertz CT molecular complexity index is 665. The molecule has 3 heterocycles. The fourth-order valence-corrected chi connectivity index (χ4v) is 3.20. The van der Waals surface area contributed by atoms with Crippen molar-refractivity contribution in [2.75, 3.05) is 13.2 Å². The van der Waals surface area contributed by atoms with Crippen LogP contribution in [-0.4, -0.2) is 39.4 Å². The number of fused-ring (bicyclic) bond motifs is 1. The van der Waals surface area contributed by atoms with Crippen molar-refractivity contribution in [3.63, 3.8) is 0 Å². The number of likely N-dealkylation sites (tertiary alicyclic amines) is 1. The Morgan fingerprint density at radius 1 is 1.45 bits per heavy atom. The molecule has 1 unspecified atom stereocenters. The van der Waals surface area contributed by atoms with Crippen LogP contribution < -0.4 is 4.74 Å². The van der Waals surface area contributed by atoms with E-state index in [2.05, 4.69) is 11.9 Å². The van der Waals surface area contributed by atoms with Crippen LogP contribution in [0, 0.1) is 6.92 Å². The van der Waals surface area contributed by atoms with E-state index in [0.29, 0.717) is 11.8 Å². The number of hydrogen-bond acceptors (Lipinski definition) is 3. The lowest BCUT2D eigenvalue weighted by molar-refractivity contribution is -0.137. The molecule has 0 spiro atoms. The first kappa shape index (κ1) is 14.9. The molecule has 0 aromatic carbocycles. The lowest BCUT2D eigenvalue weighted by Gasteiger charge is -2.35. The van der Waals surface area contributed by atoms with Crippen LogP contribution in [0.25, 0.3) is 5.65 Å². The molecule has 5 heteroatoms. The van der Waals surface area contributed by atoms with Gasteiger partial charge in [-0.15, -0.1) is 0 Å². The molecular weight excluding hydrogens is 278 g/mol. The summed E-state index contributed by atoms with van der Waals surface area (Å²) < 4.78 is 7.69. The molecule has 22 heavy (non-hydrogen) atoms. The Kier molecular flexibility index (Phi) is 4.32. The van der Waals surface area contributed by atoms with Crippen molar-refractivity contribution in [2.24, 2.45) is 0 Å². The van der Waals surface area contributed by atoms with E-state index in [-0.39, 0.29) is 12.5 Å². The second-order valence-corrected chi connectivity index (χ2v) is 5.92. The number of pyridine rings is 1. The molecule has 2 aromatic rings. The number of hydrogen-bond donors (Lipinski definition) is 0. The first-order chi connectivity index (χ1) is 10.7. The van der Waals surface area contributed by atoms with Crippen LogP contribution in [0.2, 0.25) is 0 Å². The zero-order valence-electron chi connectivity index (χ0n) is 13.3. The minimum atomic E-state index is 0.0804. The number of imidazole rings is 1. The summed E-state index contributed by atoms with van der Waals surface area (Å²) in [7, 11) is 0. The van der Waals surface area contributed by atoms with Gasteiger partial charge in [0.15, 0.2) is 18.0 Å². The fraction of sp³-hybridized carbons (Fsp3) is 0.529. The zero-order chi connectivity index (χ0) is 15.5. The van der Waals surface area contributed by atoms with Crippen molar-refractivity contribution < 1.29 is 9.53 Å². The number of ether oxygens (including phenoxy) is 1. The number of nitrogens with zero attached hydrogens (tertiary/aromatic N) is 3. The SMILES string of the molecule is CCC1CCCCN1C(=O)COc1cccn2cc(C)nc12. The van der Waals surface area contributed by atoms with Gasteiger partial charge in [-0.1, -0.05) is 6.92 Å². The summed E-state index contributed by atoms with van der Waals surface area (Å²) in [5.41, 5.74) is 1.70. The lowest BCUT2D eigenvalue weighted by Crippen LogP contribution is -2.45. The predicted molar refractivity (Wildman–Crippen MR) is 85.1 cm³/mol. The second kappa shape index (κ2) is 6.38. The van der Waals surface area contributed by atoms with Crippen molar-refractivity contribution in [2.45, 2.75) is 45.6 Å². The van der Waals surface area contributed by atoms with E-state index < -0.39 is 0 Å². The van der Waals surface area contributed by atoms with Crippen molar-refractivity contribution in [1.29, 1.82) is 0 Å². The summed E-state index contributed by atoms with van der Waals surface area (Å²) >= 11 is 0. The molecule has 3 rings (SSSR count). The number of carbonyl (C=O) groups is 1. The maximum Gasteiger partial charge on any atom is 0.260 e. The van der Waals surface area contributed by atoms with E-state index in [1.54, 1.807) is 0 Å². The molecule has 1 amide bonds. The summed E-state index contributed by atoms with van der Waals surface area (Å²) in [6.07, 6.45) is 8.31. The number of aromatic nitrogens is 2. The predicted octanol–water partition coefficient (Wildman–Crippen LogP) is 2.81. The molecule has 1 aliphatic rings. The first-order valence-corrected chi connectivity index (χ1v) is 8.05. The quantitative estimate of drug-likeness (QED) is 0.872. The molecule has 1 atom stereocenters. The monoisotopic (exact) mass is 301 g/mol. The fourth-order valence-electron chi connectivity index (χ4n) is 3.20. The van der Waals surface area contributed by atoms with Gasteiger partial charge >= 0.3 is 0 Å². The molecule has 5 nitrogen and oxygen atoms in total. The molecular formula is C17H23N3O2. The van der Waals surface area contributed by atoms with Crippen molar-refractivity contribution in [1.82, 2.24) is 14.3 Å². The van der Waals surface area contributed by atoms with Crippen LogP contribution in [0.15, 0.2) is 24.5 Å². The molecule has 118 valence electrons. The minimum absolute atomic E-state index is 0.0804. The van der Waals surface area contributed by atoms with Crippen LogP contribution in [-0.2, 0) is 4.79 Å². The summed E-state index contributed by atoms with van der Waals surface area (Å²) in [4.78, 5) is 18.9. The zero-order valence-corrected chi connectivity index (χ0v) is 13.3. The van der Waals surface area contributed by atoms with E-state index in [0.717, 1.165) is 37.1 Å². The average molecular weight is 301 g/mol. The Hall–Kier alpha value is -2.04. The van der Waals surface area contributed by atoms with Gasteiger partial charge in [0.25, 0.3) is 5.91 Å². The average Bonchev–Trinajstić information content (AvgIpc) is 2.93. The van der Waals surface area contributed by atoms with E-state index >= 15 is 0 Å². The Morgan fingerprint density at radius 3 is 3.14 bits per heavy atom. The van der Waals surface area contributed by atoms with Crippen molar-refractivity contribution >= 4 is 11.6 Å². The summed E-state index contributed by atoms with van der Waals surface area (Å²) in [6, 6.07) is 4.14.